The van der Waals surface area contributed by atoms with Crippen molar-refractivity contribution in [2.24, 2.45) is 11.8 Å². The zero-order chi connectivity index (χ0) is 18.6. The van der Waals surface area contributed by atoms with Crippen LogP contribution in [0.25, 0.3) is 0 Å². The van der Waals surface area contributed by atoms with E-state index in [1.54, 1.807) is 30.9 Å². The van der Waals surface area contributed by atoms with Gasteiger partial charge in [0.15, 0.2) is 0 Å². The average Bonchev–Trinajstić information content (AvgIpc) is 2.59. The molecule has 1 saturated heterocycles. The number of rotatable bonds is 5. The van der Waals surface area contributed by atoms with Crippen LogP contribution < -0.4 is 5.32 Å². The highest BCUT2D eigenvalue weighted by molar-refractivity contribution is 5.95. The second-order valence-electron chi connectivity index (χ2n) is 7.02. The van der Waals surface area contributed by atoms with Crippen LogP contribution in [0.5, 0.6) is 0 Å². The standard InChI is InChI=1S/C19H26N2O4/c1-12(2)16(19(24)25)20-17(22)15-5-4-10-21(11-15)18(23)14-8-6-13(3)7-9-14/h6-9,12,15-16H,4-5,10-11H2,1-3H3,(H,20,22)(H,24,25). The van der Waals surface area contributed by atoms with E-state index >= 15 is 0 Å². The lowest BCUT2D eigenvalue weighted by Crippen LogP contribution is -2.50. The molecule has 0 radical (unpaired) electrons. The Morgan fingerprint density at radius 2 is 1.84 bits per heavy atom. The SMILES string of the molecule is Cc1ccc(C(=O)N2CCCC(C(=O)NC(C(=O)O)C(C)C)C2)cc1. The van der Waals surface area contributed by atoms with Crippen molar-refractivity contribution in [1.82, 2.24) is 10.2 Å². The van der Waals surface area contributed by atoms with Gasteiger partial charge in [-0.15, -0.1) is 0 Å². The lowest BCUT2D eigenvalue weighted by atomic mass is 9.95. The molecule has 1 heterocycles. The van der Waals surface area contributed by atoms with Gasteiger partial charge >= 0.3 is 5.97 Å². The molecule has 6 nitrogen and oxygen atoms in total. The number of carbonyl (C=O) groups excluding carboxylic acids is 2. The van der Waals surface area contributed by atoms with Crippen LogP contribution in [0.1, 0.15) is 42.6 Å². The summed E-state index contributed by atoms with van der Waals surface area (Å²) in [5.74, 6) is -1.98. The molecular weight excluding hydrogens is 320 g/mol. The molecule has 25 heavy (non-hydrogen) atoms. The monoisotopic (exact) mass is 346 g/mol. The third-order valence-corrected chi connectivity index (χ3v) is 4.61. The highest BCUT2D eigenvalue weighted by Crippen LogP contribution is 2.20. The molecular formula is C19H26N2O4. The number of benzene rings is 1. The van der Waals surface area contributed by atoms with Crippen LogP contribution in [0, 0.1) is 18.8 Å². The number of carboxylic acids is 1. The fourth-order valence-electron chi connectivity index (χ4n) is 3.04. The number of carboxylic acid groups (broad SMARTS) is 1. The molecule has 2 amide bonds. The number of hydrogen-bond donors (Lipinski definition) is 2. The summed E-state index contributed by atoms with van der Waals surface area (Å²) in [4.78, 5) is 38.0. The van der Waals surface area contributed by atoms with Crippen LogP contribution in [-0.2, 0) is 9.59 Å². The van der Waals surface area contributed by atoms with Gasteiger partial charge in [-0.3, -0.25) is 9.59 Å². The van der Waals surface area contributed by atoms with E-state index in [2.05, 4.69) is 5.32 Å². The minimum absolute atomic E-state index is 0.0869. The predicted molar refractivity (Wildman–Crippen MR) is 94.2 cm³/mol. The van der Waals surface area contributed by atoms with Crippen molar-refractivity contribution in [3.05, 3.63) is 35.4 Å². The number of nitrogens with zero attached hydrogens (tertiary/aromatic N) is 1. The molecule has 2 unspecified atom stereocenters. The minimum atomic E-state index is -1.04. The largest absolute Gasteiger partial charge is 0.480 e. The Kier molecular flexibility index (Phi) is 6.17. The van der Waals surface area contributed by atoms with Crippen molar-refractivity contribution in [3.8, 4) is 0 Å². The zero-order valence-corrected chi connectivity index (χ0v) is 15.0. The smallest absolute Gasteiger partial charge is 0.326 e. The Morgan fingerprint density at radius 3 is 2.40 bits per heavy atom. The van der Waals surface area contributed by atoms with Crippen molar-refractivity contribution in [3.63, 3.8) is 0 Å². The first-order chi connectivity index (χ1) is 11.8. The van der Waals surface area contributed by atoms with Gasteiger partial charge in [-0.1, -0.05) is 31.5 Å². The number of aliphatic carboxylic acids is 1. The van der Waals surface area contributed by atoms with Crippen LogP contribution in [0.2, 0.25) is 0 Å². The number of aryl methyl sites for hydroxylation is 1. The average molecular weight is 346 g/mol. The molecule has 2 N–H and O–H groups in total. The molecule has 0 aliphatic carbocycles. The van der Waals surface area contributed by atoms with E-state index in [0.717, 1.165) is 12.0 Å². The summed E-state index contributed by atoms with van der Waals surface area (Å²) in [6.45, 7) is 6.41. The van der Waals surface area contributed by atoms with Gasteiger partial charge in [0.05, 0.1) is 5.92 Å². The van der Waals surface area contributed by atoms with E-state index in [-0.39, 0.29) is 23.7 Å². The van der Waals surface area contributed by atoms with Crippen molar-refractivity contribution >= 4 is 17.8 Å². The fraction of sp³-hybridized carbons (Fsp3) is 0.526. The third kappa shape index (κ3) is 4.81. The van der Waals surface area contributed by atoms with Crippen molar-refractivity contribution < 1.29 is 19.5 Å². The van der Waals surface area contributed by atoms with Gasteiger partial charge in [0.25, 0.3) is 5.91 Å². The van der Waals surface area contributed by atoms with E-state index < -0.39 is 12.0 Å². The van der Waals surface area contributed by atoms with Crippen molar-refractivity contribution in [1.29, 1.82) is 0 Å². The van der Waals surface area contributed by atoms with Crippen molar-refractivity contribution in [2.75, 3.05) is 13.1 Å². The second kappa shape index (κ2) is 8.14. The zero-order valence-electron chi connectivity index (χ0n) is 15.0. The molecule has 136 valence electrons. The van der Waals surface area contributed by atoms with Gasteiger partial charge in [0.1, 0.15) is 6.04 Å². The molecule has 2 atom stereocenters. The molecule has 1 aliphatic rings. The van der Waals surface area contributed by atoms with Crippen LogP contribution in [-0.4, -0.2) is 46.9 Å². The van der Waals surface area contributed by atoms with Crippen molar-refractivity contribution in [2.45, 2.75) is 39.7 Å². The summed E-state index contributed by atoms with van der Waals surface area (Å²) in [5, 5.41) is 11.8. The maximum Gasteiger partial charge on any atom is 0.326 e. The van der Waals surface area contributed by atoms with E-state index in [0.29, 0.717) is 25.1 Å². The van der Waals surface area contributed by atoms with Crippen LogP contribution in [0.15, 0.2) is 24.3 Å². The number of amides is 2. The molecule has 0 aromatic heterocycles. The number of nitrogens with one attached hydrogen (secondary N) is 1. The third-order valence-electron chi connectivity index (χ3n) is 4.61. The van der Waals surface area contributed by atoms with Crippen LogP contribution in [0.4, 0.5) is 0 Å². The first-order valence-corrected chi connectivity index (χ1v) is 8.68. The van der Waals surface area contributed by atoms with Gasteiger partial charge in [-0.05, 0) is 37.8 Å². The van der Waals surface area contributed by atoms with E-state index in [4.69, 9.17) is 0 Å². The molecule has 1 aromatic rings. The number of likely N-dealkylation sites (tertiary alicyclic amines) is 1. The molecule has 2 rings (SSSR count). The summed E-state index contributed by atoms with van der Waals surface area (Å²) in [6.07, 6.45) is 1.39. The number of carbonyl (C=O) groups is 3. The number of piperidine rings is 1. The highest BCUT2D eigenvalue weighted by atomic mass is 16.4. The van der Waals surface area contributed by atoms with Crippen LogP contribution >= 0.6 is 0 Å². The van der Waals surface area contributed by atoms with E-state index in [9.17, 15) is 19.5 Å². The highest BCUT2D eigenvalue weighted by Gasteiger charge is 2.32. The Hall–Kier alpha value is -2.37. The Labute approximate surface area is 148 Å². The summed E-state index contributed by atoms with van der Waals surface area (Å²) >= 11 is 0. The lowest BCUT2D eigenvalue weighted by molar-refractivity contribution is -0.144. The molecule has 0 spiro atoms. The second-order valence-corrected chi connectivity index (χ2v) is 7.02. The molecule has 6 heteroatoms. The number of hydrogen-bond acceptors (Lipinski definition) is 3. The van der Waals surface area contributed by atoms with Crippen LogP contribution in [0.3, 0.4) is 0 Å². The van der Waals surface area contributed by atoms with E-state index in [1.165, 1.54) is 0 Å². The normalized spacial score (nSPS) is 18.7. The Balaban J connectivity index is 2.02. The predicted octanol–water partition coefficient (Wildman–Crippen LogP) is 2.07. The molecule has 1 aliphatic heterocycles. The van der Waals surface area contributed by atoms with E-state index in [1.807, 2.05) is 19.1 Å². The summed E-state index contributed by atoms with van der Waals surface area (Å²) in [7, 11) is 0. The maximum absolute atomic E-state index is 12.6. The quantitative estimate of drug-likeness (QED) is 0.854. The van der Waals surface area contributed by atoms with Gasteiger partial charge < -0.3 is 15.3 Å². The van der Waals surface area contributed by atoms with Gasteiger partial charge in [-0.25, -0.2) is 4.79 Å². The first kappa shape index (κ1) is 19.0. The van der Waals surface area contributed by atoms with Gasteiger partial charge in [-0.2, -0.15) is 0 Å². The fourth-order valence-corrected chi connectivity index (χ4v) is 3.04. The summed E-state index contributed by atoms with van der Waals surface area (Å²) < 4.78 is 0. The van der Waals surface area contributed by atoms with Gasteiger partial charge in [0.2, 0.25) is 5.91 Å². The molecule has 1 fully saturated rings. The lowest BCUT2D eigenvalue weighted by Gasteiger charge is -2.33. The molecule has 0 saturated carbocycles. The minimum Gasteiger partial charge on any atom is -0.480 e. The summed E-state index contributed by atoms with van der Waals surface area (Å²) in [5.41, 5.74) is 1.69. The molecule has 0 bridgehead atoms. The summed E-state index contributed by atoms with van der Waals surface area (Å²) in [6, 6.07) is 6.46. The van der Waals surface area contributed by atoms with Gasteiger partial charge in [0, 0.05) is 18.7 Å². The Morgan fingerprint density at radius 1 is 1.20 bits per heavy atom. The Bertz CT molecular complexity index is 639. The topological polar surface area (TPSA) is 86.7 Å². The molecule has 1 aromatic carbocycles. The first-order valence-electron chi connectivity index (χ1n) is 8.68. The maximum atomic E-state index is 12.6.